The first-order valence-electron chi connectivity index (χ1n) is 12.2. The SMILES string of the molecule is COc1cc(C=CC(=O)Nc2nc(-c3ccc(-c4ccccc4)cc3)cs2)cc(Br)c1OCc1ccccc1. The smallest absolute Gasteiger partial charge is 0.250 e. The molecule has 0 saturated heterocycles. The molecule has 1 aromatic heterocycles. The summed E-state index contributed by atoms with van der Waals surface area (Å²) in [5.74, 6) is 0.910. The molecule has 0 bridgehead atoms. The van der Waals surface area contributed by atoms with Crippen molar-refractivity contribution in [1.29, 1.82) is 0 Å². The van der Waals surface area contributed by atoms with Crippen LogP contribution in [-0.2, 0) is 11.4 Å². The number of halogens is 1. The topological polar surface area (TPSA) is 60.5 Å². The summed E-state index contributed by atoms with van der Waals surface area (Å²) >= 11 is 4.96. The van der Waals surface area contributed by atoms with E-state index in [0.717, 1.165) is 32.4 Å². The first kappa shape index (κ1) is 26.4. The average molecular weight is 598 g/mol. The highest BCUT2D eigenvalue weighted by Crippen LogP contribution is 2.37. The molecule has 0 aliphatic rings. The van der Waals surface area contributed by atoms with Gasteiger partial charge in [-0.2, -0.15) is 0 Å². The molecule has 0 fully saturated rings. The monoisotopic (exact) mass is 596 g/mol. The van der Waals surface area contributed by atoms with Crippen molar-refractivity contribution in [3.63, 3.8) is 0 Å². The number of aromatic nitrogens is 1. The Bertz CT molecular complexity index is 1580. The number of ether oxygens (including phenoxy) is 2. The molecule has 7 heteroatoms. The normalized spacial score (nSPS) is 10.9. The number of carbonyl (C=O) groups is 1. The maximum absolute atomic E-state index is 12.6. The molecule has 5 rings (SSSR count). The van der Waals surface area contributed by atoms with Crippen molar-refractivity contribution < 1.29 is 14.3 Å². The number of nitrogens with zero attached hydrogens (tertiary/aromatic N) is 1. The highest BCUT2D eigenvalue weighted by atomic mass is 79.9. The Morgan fingerprint density at radius 2 is 1.59 bits per heavy atom. The van der Waals surface area contributed by atoms with Gasteiger partial charge in [0.1, 0.15) is 6.61 Å². The van der Waals surface area contributed by atoms with Gasteiger partial charge in [-0.15, -0.1) is 11.3 Å². The van der Waals surface area contributed by atoms with Crippen molar-refractivity contribution in [2.24, 2.45) is 0 Å². The number of hydrogen-bond donors (Lipinski definition) is 1. The van der Waals surface area contributed by atoms with Crippen LogP contribution >= 0.6 is 27.3 Å². The minimum Gasteiger partial charge on any atom is -0.493 e. The van der Waals surface area contributed by atoms with Crippen LogP contribution in [-0.4, -0.2) is 18.0 Å². The van der Waals surface area contributed by atoms with Crippen LogP contribution in [0.1, 0.15) is 11.1 Å². The molecule has 0 radical (unpaired) electrons. The molecule has 0 unspecified atom stereocenters. The molecule has 0 spiro atoms. The molecule has 1 N–H and O–H groups in total. The molecule has 0 atom stereocenters. The highest BCUT2D eigenvalue weighted by molar-refractivity contribution is 9.10. The standard InChI is InChI=1S/C32H25BrN2O3S/c1-37-29-19-23(18-27(33)31(29)38-20-22-8-4-2-5-9-22)12-17-30(36)35-32-34-28(21-39-32)26-15-13-25(14-16-26)24-10-6-3-7-11-24/h2-19,21H,20H2,1H3,(H,34,35,36). The fraction of sp³-hybridized carbons (Fsp3) is 0.0625. The summed E-state index contributed by atoms with van der Waals surface area (Å²) in [7, 11) is 1.59. The van der Waals surface area contributed by atoms with Crippen LogP contribution in [0.2, 0.25) is 0 Å². The second-order valence-corrected chi connectivity index (χ2v) is 10.3. The van der Waals surface area contributed by atoms with Crippen molar-refractivity contribution in [3.8, 4) is 33.9 Å². The van der Waals surface area contributed by atoms with Crippen LogP contribution < -0.4 is 14.8 Å². The molecular formula is C32H25BrN2O3S. The van der Waals surface area contributed by atoms with E-state index in [4.69, 9.17) is 9.47 Å². The van der Waals surface area contributed by atoms with E-state index >= 15 is 0 Å². The number of amides is 1. The fourth-order valence-corrected chi connectivity index (χ4v) is 5.25. The fourth-order valence-electron chi connectivity index (χ4n) is 3.95. The van der Waals surface area contributed by atoms with E-state index in [9.17, 15) is 4.79 Å². The van der Waals surface area contributed by atoms with Crippen LogP contribution in [0.5, 0.6) is 11.5 Å². The van der Waals surface area contributed by atoms with E-state index in [0.29, 0.717) is 23.2 Å². The zero-order chi connectivity index (χ0) is 27.0. The Hall–Kier alpha value is -4.20. The van der Waals surface area contributed by atoms with E-state index < -0.39 is 0 Å². The lowest BCUT2D eigenvalue weighted by Gasteiger charge is -2.13. The zero-order valence-electron chi connectivity index (χ0n) is 21.1. The maximum Gasteiger partial charge on any atom is 0.250 e. The second-order valence-electron chi connectivity index (χ2n) is 8.61. The molecule has 4 aromatic carbocycles. The Morgan fingerprint density at radius 3 is 2.31 bits per heavy atom. The molecule has 5 aromatic rings. The summed E-state index contributed by atoms with van der Waals surface area (Å²) in [4.78, 5) is 17.2. The Morgan fingerprint density at radius 1 is 0.923 bits per heavy atom. The van der Waals surface area contributed by atoms with Crippen LogP contribution in [0.3, 0.4) is 0 Å². The molecular weight excluding hydrogens is 572 g/mol. The zero-order valence-corrected chi connectivity index (χ0v) is 23.5. The van der Waals surface area contributed by atoms with Gasteiger partial charge in [-0.05, 0) is 56.4 Å². The van der Waals surface area contributed by atoms with E-state index in [2.05, 4.69) is 50.5 Å². The van der Waals surface area contributed by atoms with Gasteiger partial charge >= 0.3 is 0 Å². The molecule has 194 valence electrons. The number of nitrogens with one attached hydrogen (secondary N) is 1. The summed E-state index contributed by atoms with van der Waals surface area (Å²) < 4.78 is 12.3. The largest absolute Gasteiger partial charge is 0.493 e. The van der Waals surface area contributed by atoms with Gasteiger partial charge in [0, 0.05) is 17.0 Å². The first-order chi connectivity index (χ1) is 19.1. The molecule has 0 aliphatic carbocycles. The minimum atomic E-state index is -0.269. The second kappa shape index (κ2) is 12.6. The highest BCUT2D eigenvalue weighted by Gasteiger charge is 2.12. The summed E-state index contributed by atoms with van der Waals surface area (Å²) in [5, 5.41) is 5.32. The molecule has 0 aliphatic heterocycles. The van der Waals surface area contributed by atoms with E-state index in [-0.39, 0.29) is 5.91 Å². The van der Waals surface area contributed by atoms with Gasteiger partial charge in [0.25, 0.3) is 0 Å². The Balaban J connectivity index is 1.22. The van der Waals surface area contributed by atoms with E-state index in [1.165, 1.54) is 23.0 Å². The van der Waals surface area contributed by atoms with Gasteiger partial charge in [-0.3, -0.25) is 10.1 Å². The van der Waals surface area contributed by atoms with Crippen LogP contribution in [0.15, 0.2) is 113 Å². The molecule has 5 nitrogen and oxygen atoms in total. The Kier molecular flexibility index (Phi) is 8.51. The lowest BCUT2D eigenvalue weighted by Crippen LogP contribution is -2.07. The predicted octanol–water partition coefficient (Wildman–Crippen LogP) is 8.48. The Labute approximate surface area is 239 Å². The van der Waals surface area contributed by atoms with E-state index in [1.54, 1.807) is 13.2 Å². The number of rotatable bonds is 9. The maximum atomic E-state index is 12.6. The molecule has 39 heavy (non-hydrogen) atoms. The van der Waals surface area contributed by atoms with Crippen LogP contribution in [0.4, 0.5) is 5.13 Å². The van der Waals surface area contributed by atoms with Crippen molar-refractivity contribution >= 4 is 44.4 Å². The van der Waals surface area contributed by atoms with Gasteiger partial charge < -0.3 is 9.47 Å². The van der Waals surface area contributed by atoms with Crippen molar-refractivity contribution in [2.45, 2.75) is 6.61 Å². The van der Waals surface area contributed by atoms with Crippen molar-refractivity contribution in [3.05, 3.63) is 124 Å². The average Bonchev–Trinajstić information content (AvgIpc) is 3.44. The van der Waals surface area contributed by atoms with Gasteiger partial charge in [-0.25, -0.2) is 4.98 Å². The van der Waals surface area contributed by atoms with Gasteiger partial charge in [0.15, 0.2) is 16.6 Å². The minimum absolute atomic E-state index is 0.269. The van der Waals surface area contributed by atoms with Gasteiger partial charge in [0.05, 0.1) is 17.3 Å². The van der Waals surface area contributed by atoms with Crippen LogP contribution in [0.25, 0.3) is 28.5 Å². The third-order valence-corrected chi connectivity index (χ3v) is 7.27. The number of benzene rings is 4. The summed E-state index contributed by atoms with van der Waals surface area (Å²) in [6.45, 7) is 0.417. The lowest BCUT2D eigenvalue weighted by molar-refractivity contribution is -0.111. The first-order valence-corrected chi connectivity index (χ1v) is 13.9. The van der Waals surface area contributed by atoms with Gasteiger partial charge in [0.2, 0.25) is 5.91 Å². The van der Waals surface area contributed by atoms with Crippen LogP contribution in [0, 0.1) is 0 Å². The number of methoxy groups -OCH3 is 1. The summed E-state index contributed by atoms with van der Waals surface area (Å²) in [5.41, 5.74) is 5.97. The van der Waals surface area contributed by atoms with Crippen molar-refractivity contribution in [2.75, 3.05) is 12.4 Å². The molecule has 0 saturated carbocycles. The van der Waals surface area contributed by atoms with E-state index in [1.807, 2.05) is 78.2 Å². The molecule has 1 amide bonds. The number of anilines is 1. The molecule has 1 heterocycles. The number of thiazole rings is 1. The third-order valence-electron chi connectivity index (χ3n) is 5.93. The third kappa shape index (κ3) is 6.82. The van der Waals surface area contributed by atoms with Gasteiger partial charge in [-0.1, -0.05) is 84.9 Å². The van der Waals surface area contributed by atoms with Crippen molar-refractivity contribution in [1.82, 2.24) is 4.98 Å². The summed E-state index contributed by atoms with van der Waals surface area (Å²) in [6.07, 6.45) is 3.20. The number of hydrogen-bond acceptors (Lipinski definition) is 5. The number of carbonyl (C=O) groups excluding carboxylic acids is 1. The predicted molar refractivity (Wildman–Crippen MR) is 162 cm³/mol. The summed E-state index contributed by atoms with van der Waals surface area (Å²) in [6, 6.07) is 32.1. The quantitative estimate of drug-likeness (QED) is 0.173. The lowest BCUT2D eigenvalue weighted by atomic mass is 10.0.